The van der Waals surface area contributed by atoms with Gasteiger partial charge in [-0.15, -0.1) is 0 Å². The Labute approximate surface area is 163 Å². The molecule has 8 nitrogen and oxygen atoms in total. The number of hydrogen-bond acceptors (Lipinski definition) is 6. The van der Waals surface area contributed by atoms with Gasteiger partial charge in [-0.2, -0.15) is 5.10 Å². The standard InChI is InChI=1S/C18H19N3O5S2/c1-13-4-6-15(7-5-13)28(24,25)20-18-11-16(17-3-2-9-26-17)19-21(18)14-8-10-27(22,23)12-14/h2-7,9,11,14,20H,8,10,12H2,1H3. The lowest BCUT2D eigenvalue weighted by atomic mass is 10.2. The van der Waals surface area contributed by atoms with E-state index in [2.05, 4.69) is 9.82 Å². The SMILES string of the molecule is Cc1ccc(S(=O)(=O)Nc2cc(-c3ccco3)nn2C2CCS(=O)(=O)C2)cc1. The van der Waals surface area contributed by atoms with E-state index in [1.807, 2.05) is 6.92 Å². The molecule has 0 spiro atoms. The van der Waals surface area contributed by atoms with Gasteiger partial charge < -0.3 is 4.42 Å². The largest absolute Gasteiger partial charge is 0.463 e. The second kappa shape index (κ2) is 6.78. The average Bonchev–Trinajstić information content (AvgIpc) is 3.34. The van der Waals surface area contributed by atoms with Crippen molar-refractivity contribution in [3.63, 3.8) is 0 Å². The van der Waals surface area contributed by atoms with Crippen molar-refractivity contribution >= 4 is 25.7 Å². The third-order valence-corrected chi connectivity index (χ3v) is 7.75. The third kappa shape index (κ3) is 3.69. The van der Waals surface area contributed by atoms with Crippen LogP contribution in [0.4, 0.5) is 5.82 Å². The van der Waals surface area contributed by atoms with Crippen molar-refractivity contribution in [3.8, 4) is 11.5 Å². The van der Waals surface area contributed by atoms with Crippen molar-refractivity contribution in [2.45, 2.75) is 24.3 Å². The third-order valence-electron chi connectivity index (χ3n) is 4.63. The van der Waals surface area contributed by atoms with Crippen LogP contribution in [0.15, 0.2) is 58.0 Å². The van der Waals surface area contributed by atoms with Crippen LogP contribution in [0.3, 0.4) is 0 Å². The molecule has 1 atom stereocenters. The lowest BCUT2D eigenvalue weighted by Gasteiger charge is -2.14. The highest BCUT2D eigenvalue weighted by Crippen LogP contribution is 2.31. The minimum Gasteiger partial charge on any atom is -0.463 e. The fourth-order valence-corrected chi connectivity index (χ4v) is 5.91. The predicted molar refractivity (Wildman–Crippen MR) is 104 cm³/mol. The van der Waals surface area contributed by atoms with Gasteiger partial charge >= 0.3 is 0 Å². The summed E-state index contributed by atoms with van der Waals surface area (Å²) in [6.07, 6.45) is 1.87. The fourth-order valence-electron chi connectivity index (χ4n) is 3.18. The molecule has 0 saturated carbocycles. The smallest absolute Gasteiger partial charge is 0.263 e. The van der Waals surface area contributed by atoms with Gasteiger partial charge in [-0.3, -0.25) is 4.72 Å². The van der Waals surface area contributed by atoms with Gasteiger partial charge in [0.15, 0.2) is 15.6 Å². The van der Waals surface area contributed by atoms with Crippen molar-refractivity contribution in [3.05, 3.63) is 54.3 Å². The molecule has 28 heavy (non-hydrogen) atoms. The van der Waals surface area contributed by atoms with Gasteiger partial charge in [0.1, 0.15) is 11.5 Å². The van der Waals surface area contributed by atoms with Crippen LogP contribution in [0.2, 0.25) is 0 Å². The van der Waals surface area contributed by atoms with Gasteiger partial charge in [-0.1, -0.05) is 17.7 Å². The zero-order valence-corrected chi connectivity index (χ0v) is 16.7. The van der Waals surface area contributed by atoms with E-state index in [4.69, 9.17) is 4.42 Å². The first kappa shape index (κ1) is 18.8. The molecule has 0 bridgehead atoms. The molecule has 1 aliphatic heterocycles. The first-order valence-electron chi connectivity index (χ1n) is 8.67. The van der Waals surface area contributed by atoms with Crippen LogP contribution in [0.25, 0.3) is 11.5 Å². The molecule has 3 heterocycles. The first-order chi connectivity index (χ1) is 13.2. The highest BCUT2D eigenvalue weighted by atomic mass is 32.2. The van der Waals surface area contributed by atoms with Crippen LogP contribution in [-0.2, 0) is 19.9 Å². The van der Waals surface area contributed by atoms with Crippen LogP contribution in [0.5, 0.6) is 0 Å². The van der Waals surface area contributed by atoms with Crippen LogP contribution in [0, 0.1) is 6.92 Å². The molecule has 3 aromatic rings. The highest BCUT2D eigenvalue weighted by molar-refractivity contribution is 7.92. The summed E-state index contributed by atoms with van der Waals surface area (Å²) in [5, 5.41) is 4.42. The normalized spacial score (nSPS) is 19.0. The Morgan fingerprint density at radius 1 is 1.21 bits per heavy atom. The maximum atomic E-state index is 12.8. The Morgan fingerprint density at radius 3 is 2.57 bits per heavy atom. The highest BCUT2D eigenvalue weighted by Gasteiger charge is 2.32. The van der Waals surface area contributed by atoms with E-state index in [0.717, 1.165) is 5.56 Å². The van der Waals surface area contributed by atoms with Gasteiger partial charge in [0.25, 0.3) is 10.0 Å². The minimum atomic E-state index is -3.86. The fraction of sp³-hybridized carbons (Fsp3) is 0.278. The van der Waals surface area contributed by atoms with Crippen LogP contribution in [-0.4, -0.2) is 38.1 Å². The monoisotopic (exact) mass is 421 g/mol. The topological polar surface area (TPSA) is 111 Å². The van der Waals surface area contributed by atoms with E-state index >= 15 is 0 Å². The summed E-state index contributed by atoms with van der Waals surface area (Å²) in [5.41, 5.74) is 1.37. The summed E-state index contributed by atoms with van der Waals surface area (Å²) >= 11 is 0. The molecular weight excluding hydrogens is 402 g/mol. The molecule has 148 valence electrons. The van der Waals surface area contributed by atoms with Crippen molar-refractivity contribution in [2.75, 3.05) is 16.2 Å². The Kier molecular flexibility index (Phi) is 4.54. The van der Waals surface area contributed by atoms with E-state index in [9.17, 15) is 16.8 Å². The van der Waals surface area contributed by atoms with E-state index in [0.29, 0.717) is 17.9 Å². The van der Waals surface area contributed by atoms with E-state index in [1.165, 1.54) is 23.1 Å². The first-order valence-corrected chi connectivity index (χ1v) is 12.0. The maximum absolute atomic E-state index is 12.8. The Bertz CT molecular complexity index is 1190. The molecule has 0 amide bonds. The van der Waals surface area contributed by atoms with Crippen molar-refractivity contribution in [2.24, 2.45) is 0 Å². The van der Waals surface area contributed by atoms with Crippen molar-refractivity contribution < 1.29 is 21.3 Å². The summed E-state index contributed by atoms with van der Waals surface area (Å²) in [4.78, 5) is 0.115. The number of aromatic nitrogens is 2. The molecule has 2 aromatic heterocycles. The number of benzene rings is 1. The summed E-state index contributed by atoms with van der Waals surface area (Å²) in [6.45, 7) is 1.87. The van der Waals surface area contributed by atoms with E-state index in [-0.39, 0.29) is 22.2 Å². The molecule has 1 aliphatic rings. The Hall–Kier alpha value is -2.59. The van der Waals surface area contributed by atoms with Crippen LogP contribution in [0.1, 0.15) is 18.0 Å². The Balaban J connectivity index is 1.73. The molecule has 1 unspecified atom stereocenters. The molecule has 0 aliphatic carbocycles. The second-order valence-corrected chi connectivity index (χ2v) is 10.7. The van der Waals surface area contributed by atoms with Crippen LogP contribution >= 0.6 is 0 Å². The van der Waals surface area contributed by atoms with Crippen LogP contribution < -0.4 is 4.72 Å². The van der Waals surface area contributed by atoms with Gasteiger partial charge in [0.2, 0.25) is 0 Å². The van der Waals surface area contributed by atoms with Crippen molar-refractivity contribution in [1.82, 2.24) is 9.78 Å². The molecule has 1 aromatic carbocycles. The number of nitrogens with zero attached hydrogens (tertiary/aromatic N) is 2. The number of nitrogens with one attached hydrogen (secondary N) is 1. The molecule has 1 fully saturated rings. The number of hydrogen-bond donors (Lipinski definition) is 1. The second-order valence-electron chi connectivity index (χ2n) is 6.81. The molecule has 0 radical (unpaired) electrons. The van der Waals surface area contributed by atoms with Gasteiger partial charge in [-0.05, 0) is 37.6 Å². The zero-order valence-electron chi connectivity index (χ0n) is 15.1. The summed E-state index contributed by atoms with van der Waals surface area (Å²) in [5.74, 6) is 0.646. The zero-order chi connectivity index (χ0) is 19.9. The number of furan rings is 1. The lowest BCUT2D eigenvalue weighted by Crippen LogP contribution is -2.20. The van der Waals surface area contributed by atoms with Gasteiger partial charge in [0, 0.05) is 6.07 Å². The Morgan fingerprint density at radius 2 is 1.96 bits per heavy atom. The van der Waals surface area contributed by atoms with Crippen molar-refractivity contribution in [1.29, 1.82) is 0 Å². The summed E-state index contributed by atoms with van der Waals surface area (Å²) in [7, 11) is -7.02. The molecule has 1 N–H and O–H groups in total. The number of sulfonamides is 1. The summed E-state index contributed by atoms with van der Waals surface area (Å²) < 4.78 is 58.8. The molecule has 1 saturated heterocycles. The van der Waals surface area contributed by atoms with E-state index in [1.54, 1.807) is 30.3 Å². The maximum Gasteiger partial charge on any atom is 0.263 e. The number of rotatable bonds is 5. The lowest BCUT2D eigenvalue weighted by molar-refractivity contribution is 0.504. The molecular formula is C18H19N3O5S2. The van der Waals surface area contributed by atoms with Gasteiger partial charge in [0.05, 0.1) is 28.7 Å². The predicted octanol–water partition coefficient (Wildman–Crippen LogP) is 2.61. The quantitative estimate of drug-likeness (QED) is 0.678. The van der Waals surface area contributed by atoms with Gasteiger partial charge in [-0.25, -0.2) is 21.5 Å². The minimum absolute atomic E-state index is 0.0533. The number of aryl methyl sites for hydroxylation is 1. The summed E-state index contributed by atoms with van der Waals surface area (Å²) in [6, 6.07) is 11.0. The molecule has 10 heteroatoms. The number of anilines is 1. The average molecular weight is 422 g/mol. The van der Waals surface area contributed by atoms with E-state index < -0.39 is 25.9 Å². The number of sulfone groups is 1. The molecule has 4 rings (SSSR count).